The summed E-state index contributed by atoms with van der Waals surface area (Å²) in [5.74, 6) is -0.887. The van der Waals surface area contributed by atoms with Crippen molar-refractivity contribution in [3.05, 3.63) is 0 Å². The van der Waals surface area contributed by atoms with Crippen LogP contribution in [0.2, 0.25) is 0 Å². The number of likely N-dealkylation sites (tertiary alicyclic amines) is 1. The van der Waals surface area contributed by atoms with Crippen LogP contribution in [0.1, 0.15) is 20.3 Å². The molecule has 0 N–H and O–H groups in total. The van der Waals surface area contributed by atoms with Gasteiger partial charge in [-0.1, -0.05) is 13.8 Å². The zero-order valence-corrected chi connectivity index (χ0v) is 9.59. The molecule has 16 heavy (non-hydrogen) atoms. The first kappa shape index (κ1) is 13.3. The summed E-state index contributed by atoms with van der Waals surface area (Å²) in [7, 11) is 0. The minimum absolute atomic E-state index is 0.177. The summed E-state index contributed by atoms with van der Waals surface area (Å²) in [5, 5.41) is 8.50. The molecule has 0 aliphatic carbocycles. The zero-order chi connectivity index (χ0) is 12.3. The maximum atomic E-state index is 12.4. The van der Waals surface area contributed by atoms with Crippen LogP contribution in [0.25, 0.3) is 0 Å². The molecule has 2 nitrogen and oxygen atoms in total. The van der Waals surface area contributed by atoms with Gasteiger partial charge < -0.3 is 4.90 Å². The summed E-state index contributed by atoms with van der Waals surface area (Å²) in [6.45, 7) is 5.35. The third-order valence-electron chi connectivity index (χ3n) is 3.24. The molecule has 1 saturated heterocycles. The predicted octanol–water partition coefficient (Wildman–Crippen LogP) is 2.67. The van der Waals surface area contributed by atoms with Crippen LogP contribution < -0.4 is 0 Å². The van der Waals surface area contributed by atoms with E-state index in [1.54, 1.807) is 4.90 Å². The topological polar surface area (TPSA) is 27.0 Å². The van der Waals surface area contributed by atoms with Gasteiger partial charge >= 0.3 is 6.18 Å². The molecule has 0 aromatic heterocycles. The van der Waals surface area contributed by atoms with Crippen molar-refractivity contribution in [1.29, 1.82) is 5.26 Å². The lowest BCUT2D eigenvalue weighted by Gasteiger charge is -2.21. The van der Waals surface area contributed by atoms with Crippen molar-refractivity contribution in [3.8, 4) is 6.07 Å². The van der Waals surface area contributed by atoms with E-state index in [0.717, 1.165) is 6.42 Å². The maximum absolute atomic E-state index is 12.4. The minimum atomic E-state index is -4.40. The monoisotopic (exact) mass is 234 g/mol. The lowest BCUT2D eigenvalue weighted by atomic mass is 9.95. The molecule has 5 heteroatoms. The van der Waals surface area contributed by atoms with E-state index >= 15 is 0 Å². The fourth-order valence-corrected chi connectivity index (χ4v) is 2.05. The molecule has 0 aromatic rings. The highest BCUT2D eigenvalue weighted by molar-refractivity contribution is 4.92. The van der Waals surface area contributed by atoms with Gasteiger partial charge in [0.05, 0.1) is 6.07 Å². The van der Waals surface area contributed by atoms with Crippen molar-refractivity contribution in [2.75, 3.05) is 19.6 Å². The summed E-state index contributed by atoms with van der Waals surface area (Å²) in [6.07, 6.45) is -3.46. The average Bonchev–Trinajstić information content (AvgIpc) is 2.60. The second-order valence-electron chi connectivity index (χ2n) is 4.78. The van der Waals surface area contributed by atoms with Crippen LogP contribution in [0.15, 0.2) is 0 Å². The SMILES string of the molecule is CC(C)C1CCN(CC(C#N)C(F)(F)F)C1. The number of alkyl halides is 3. The Kier molecular flexibility index (Phi) is 4.20. The molecule has 1 fully saturated rings. The average molecular weight is 234 g/mol. The van der Waals surface area contributed by atoms with E-state index in [2.05, 4.69) is 13.8 Å². The molecule has 92 valence electrons. The number of hydrogen-bond donors (Lipinski definition) is 0. The van der Waals surface area contributed by atoms with Crippen molar-refractivity contribution in [1.82, 2.24) is 4.90 Å². The molecule has 2 atom stereocenters. The second-order valence-corrected chi connectivity index (χ2v) is 4.78. The van der Waals surface area contributed by atoms with E-state index < -0.39 is 12.1 Å². The largest absolute Gasteiger partial charge is 0.405 e. The smallest absolute Gasteiger partial charge is 0.301 e. The molecule has 2 unspecified atom stereocenters. The van der Waals surface area contributed by atoms with E-state index in [0.29, 0.717) is 24.9 Å². The molecular weight excluding hydrogens is 217 g/mol. The molecule has 0 saturated carbocycles. The van der Waals surface area contributed by atoms with Crippen LogP contribution in [-0.4, -0.2) is 30.7 Å². The van der Waals surface area contributed by atoms with Crippen molar-refractivity contribution in [3.63, 3.8) is 0 Å². The molecule has 0 bridgehead atoms. The second kappa shape index (κ2) is 5.05. The first-order valence-corrected chi connectivity index (χ1v) is 5.53. The molecule has 1 rings (SSSR count). The Morgan fingerprint density at radius 1 is 1.44 bits per heavy atom. The first-order valence-electron chi connectivity index (χ1n) is 5.53. The molecule has 1 heterocycles. The van der Waals surface area contributed by atoms with Crippen molar-refractivity contribution < 1.29 is 13.2 Å². The summed E-state index contributed by atoms with van der Waals surface area (Å²) in [4.78, 5) is 1.76. The van der Waals surface area contributed by atoms with Gasteiger partial charge in [-0.15, -0.1) is 0 Å². The highest BCUT2D eigenvalue weighted by Crippen LogP contribution is 2.29. The fraction of sp³-hybridized carbons (Fsp3) is 0.909. The Hall–Kier alpha value is -0.760. The van der Waals surface area contributed by atoms with Gasteiger partial charge in [-0.2, -0.15) is 18.4 Å². The van der Waals surface area contributed by atoms with Crippen LogP contribution in [0.4, 0.5) is 13.2 Å². The van der Waals surface area contributed by atoms with Gasteiger partial charge in [0, 0.05) is 13.1 Å². The van der Waals surface area contributed by atoms with E-state index in [4.69, 9.17) is 5.26 Å². The highest BCUT2D eigenvalue weighted by Gasteiger charge is 2.41. The summed E-state index contributed by atoms with van der Waals surface area (Å²) in [6, 6.07) is 1.35. The zero-order valence-electron chi connectivity index (χ0n) is 9.59. The van der Waals surface area contributed by atoms with Gasteiger partial charge in [0.1, 0.15) is 0 Å². The molecule has 0 spiro atoms. The lowest BCUT2D eigenvalue weighted by Crippen LogP contribution is -2.35. The summed E-state index contributed by atoms with van der Waals surface area (Å²) >= 11 is 0. The van der Waals surface area contributed by atoms with Gasteiger partial charge in [-0.3, -0.25) is 0 Å². The normalized spacial score (nSPS) is 24.7. The molecular formula is C11H17F3N2. The van der Waals surface area contributed by atoms with E-state index in [9.17, 15) is 13.2 Å². The quantitative estimate of drug-likeness (QED) is 0.750. The first-order chi connectivity index (χ1) is 7.34. The highest BCUT2D eigenvalue weighted by atomic mass is 19.4. The Morgan fingerprint density at radius 3 is 2.44 bits per heavy atom. The molecule has 0 aromatic carbocycles. The van der Waals surface area contributed by atoms with Crippen LogP contribution in [0.5, 0.6) is 0 Å². The van der Waals surface area contributed by atoms with Gasteiger partial charge in [-0.05, 0) is 24.8 Å². The molecule has 1 aliphatic heterocycles. The maximum Gasteiger partial charge on any atom is 0.405 e. The van der Waals surface area contributed by atoms with Crippen LogP contribution in [0.3, 0.4) is 0 Å². The van der Waals surface area contributed by atoms with Crippen molar-refractivity contribution >= 4 is 0 Å². The Labute approximate surface area is 94.0 Å². The van der Waals surface area contributed by atoms with Crippen molar-refractivity contribution in [2.45, 2.75) is 26.4 Å². The summed E-state index contributed by atoms with van der Waals surface area (Å²) < 4.78 is 37.1. The number of halogens is 3. The molecule has 0 radical (unpaired) electrons. The van der Waals surface area contributed by atoms with Crippen LogP contribution in [0, 0.1) is 29.1 Å². The minimum Gasteiger partial charge on any atom is -0.301 e. The number of nitrogens with zero attached hydrogens (tertiary/aromatic N) is 2. The number of rotatable bonds is 3. The lowest BCUT2D eigenvalue weighted by molar-refractivity contribution is -0.162. The number of hydrogen-bond acceptors (Lipinski definition) is 2. The number of nitriles is 1. The van der Waals surface area contributed by atoms with Gasteiger partial charge in [0.25, 0.3) is 0 Å². The standard InChI is InChI=1S/C11H17F3N2/c1-8(2)9-3-4-16(6-9)7-10(5-15)11(12,13)14/h8-10H,3-4,6-7H2,1-2H3. The summed E-state index contributed by atoms with van der Waals surface area (Å²) in [5.41, 5.74) is 0. The molecule has 0 amide bonds. The van der Waals surface area contributed by atoms with Gasteiger partial charge in [-0.25, -0.2) is 0 Å². The molecule has 1 aliphatic rings. The van der Waals surface area contributed by atoms with E-state index in [1.807, 2.05) is 0 Å². The van der Waals surface area contributed by atoms with E-state index in [1.165, 1.54) is 6.07 Å². The third-order valence-corrected chi connectivity index (χ3v) is 3.24. The fourth-order valence-electron chi connectivity index (χ4n) is 2.05. The van der Waals surface area contributed by atoms with Gasteiger partial charge in [0.15, 0.2) is 5.92 Å². The Balaban J connectivity index is 2.48. The Bertz CT molecular complexity index is 267. The van der Waals surface area contributed by atoms with E-state index in [-0.39, 0.29) is 6.54 Å². The third kappa shape index (κ3) is 3.38. The van der Waals surface area contributed by atoms with Gasteiger partial charge in [0.2, 0.25) is 0 Å². The Morgan fingerprint density at radius 2 is 2.06 bits per heavy atom. The van der Waals surface area contributed by atoms with Crippen molar-refractivity contribution in [2.24, 2.45) is 17.8 Å². The predicted molar refractivity (Wildman–Crippen MR) is 54.5 cm³/mol. The van der Waals surface area contributed by atoms with Crippen LogP contribution >= 0.6 is 0 Å². The van der Waals surface area contributed by atoms with Crippen LogP contribution in [-0.2, 0) is 0 Å².